The fraction of sp³-hybridized carbons (Fsp3) is 0.200. The second kappa shape index (κ2) is 4.72. The van der Waals surface area contributed by atoms with E-state index in [2.05, 4.69) is 28.1 Å². The molecule has 3 rings (SSSR count). The van der Waals surface area contributed by atoms with Gasteiger partial charge >= 0.3 is 5.97 Å². The van der Waals surface area contributed by atoms with E-state index >= 15 is 0 Å². The van der Waals surface area contributed by atoms with E-state index in [9.17, 15) is 4.79 Å². The van der Waals surface area contributed by atoms with Crippen LogP contribution in [0.5, 0.6) is 0 Å². The highest BCUT2D eigenvalue weighted by Gasteiger charge is 2.17. The summed E-state index contributed by atoms with van der Waals surface area (Å²) in [4.78, 5) is 17.4. The molecule has 0 saturated heterocycles. The van der Waals surface area contributed by atoms with E-state index in [0.717, 1.165) is 25.3 Å². The highest BCUT2D eigenvalue weighted by atomic mass is 16.4. The molecule has 1 aromatic heterocycles. The number of benzene rings is 1. The summed E-state index contributed by atoms with van der Waals surface area (Å²) in [6.07, 6.45) is 2.52. The van der Waals surface area contributed by atoms with Gasteiger partial charge in [-0.25, -0.2) is 9.78 Å². The Hall–Kier alpha value is -2.36. The maximum absolute atomic E-state index is 11.0. The summed E-state index contributed by atoms with van der Waals surface area (Å²) in [5, 5.41) is 9.02. The molecule has 0 amide bonds. The molecule has 1 aliphatic heterocycles. The molecule has 96 valence electrons. The van der Waals surface area contributed by atoms with Gasteiger partial charge in [-0.2, -0.15) is 0 Å². The van der Waals surface area contributed by atoms with Gasteiger partial charge in [0.1, 0.15) is 5.82 Å². The van der Waals surface area contributed by atoms with Crippen LogP contribution in [0, 0.1) is 0 Å². The van der Waals surface area contributed by atoms with Crippen LogP contribution in [0.15, 0.2) is 42.6 Å². The minimum atomic E-state index is -0.916. The summed E-state index contributed by atoms with van der Waals surface area (Å²) in [6, 6.07) is 11.5. The standard InChI is InChI=1S/C15H14N2O2/c18-15(19)12-5-7-16-14(9-12)17-8-6-11-3-1-2-4-13(11)10-17/h1-5,7,9H,6,8,10H2,(H,18,19). The van der Waals surface area contributed by atoms with Gasteiger partial charge in [0, 0.05) is 19.3 Å². The smallest absolute Gasteiger partial charge is 0.335 e. The lowest BCUT2D eigenvalue weighted by Crippen LogP contribution is -2.31. The third kappa shape index (κ3) is 2.29. The Bertz CT molecular complexity index is 625. The summed E-state index contributed by atoms with van der Waals surface area (Å²) in [6.45, 7) is 1.65. The lowest BCUT2D eigenvalue weighted by Gasteiger charge is -2.29. The van der Waals surface area contributed by atoms with E-state index in [-0.39, 0.29) is 5.56 Å². The average molecular weight is 254 g/mol. The molecular weight excluding hydrogens is 240 g/mol. The van der Waals surface area contributed by atoms with Gasteiger partial charge in [0.2, 0.25) is 0 Å². The van der Waals surface area contributed by atoms with Crippen LogP contribution in [0.25, 0.3) is 0 Å². The zero-order valence-electron chi connectivity index (χ0n) is 10.4. The van der Waals surface area contributed by atoms with Gasteiger partial charge in [0.15, 0.2) is 0 Å². The molecule has 0 fully saturated rings. The van der Waals surface area contributed by atoms with Crippen molar-refractivity contribution in [3.63, 3.8) is 0 Å². The van der Waals surface area contributed by atoms with Crippen molar-refractivity contribution in [3.8, 4) is 0 Å². The van der Waals surface area contributed by atoms with Crippen molar-refractivity contribution in [1.29, 1.82) is 0 Å². The Morgan fingerprint density at radius 1 is 1.21 bits per heavy atom. The molecule has 0 unspecified atom stereocenters. The molecule has 1 N–H and O–H groups in total. The number of aromatic carboxylic acids is 1. The molecule has 0 bridgehead atoms. The lowest BCUT2D eigenvalue weighted by atomic mass is 10.00. The number of aromatic nitrogens is 1. The van der Waals surface area contributed by atoms with Gasteiger partial charge in [-0.15, -0.1) is 0 Å². The van der Waals surface area contributed by atoms with Crippen molar-refractivity contribution in [3.05, 3.63) is 59.3 Å². The number of carboxylic acid groups (broad SMARTS) is 1. The Morgan fingerprint density at radius 3 is 2.79 bits per heavy atom. The molecule has 0 saturated carbocycles. The first-order chi connectivity index (χ1) is 9.24. The molecule has 2 heterocycles. The number of carbonyl (C=O) groups is 1. The number of carboxylic acids is 1. The van der Waals surface area contributed by atoms with E-state index in [1.165, 1.54) is 17.2 Å². The second-order valence-corrected chi connectivity index (χ2v) is 4.65. The van der Waals surface area contributed by atoms with E-state index < -0.39 is 5.97 Å². The number of fused-ring (bicyclic) bond motifs is 1. The maximum atomic E-state index is 11.0. The molecule has 19 heavy (non-hydrogen) atoms. The van der Waals surface area contributed by atoms with Crippen LogP contribution in [0.3, 0.4) is 0 Å². The lowest BCUT2D eigenvalue weighted by molar-refractivity contribution is 0.0697. The van der Waals surface area contributed by atoms with Crippen LogP contribution in [0.1, 0.15) is 21.5 Å². The second-order valence-electron chi connectivity index (χ2n) is 4.65. The van der Waals surface area contributed by atoms with Gasteiger partial charge in [-0.1, -0.05) is 24.3 Å². The Balaban J connectivity index is 1.89. The highest BCUT2D eigenvalue weighted by molar-refractivity contribution is 5.88. The first-order valence-electron chi connectivity index (χ1n) is 6.25. The van der Waals surface area contributed by atoms with Crippen LogP contribution in [-0.2, 0) is 13.0 Å². The number of anilines is 1. The monoisotopic (exact) mass is 254 g/mol. The zero-order chi connectivity index (χ0) is 13.2. The van der Waals surface area contributed by atoms with Gasteiger partial charge < -0.3 is 10.0 Å². The first kappa shape index (κ1) is 11.7. The fourth-order valence-corrected chi connectivity index (χ4v) is 2.42. The Morgan fingerprint density at radius 2 is 2.00 bits per heavy atom. The van der Waals surface area contributed by atoms with Crippen molar-refractivity contribution in [2.24, 2.45) is 0 Å². The SMILES string of the molecule is O=C(O)c1ccnc(N2CCc3ccccc3C2)c1. The fourth-order valence-electron chi connectivity index (χ4n) is 2.42. The van der Waals surface area contributed by atoms with Gasteiger partial charge in [0.05, 0.1) is 5.56 Å². The highest BCUT2D eigenvalue weighted by Crippen LogP contribution is 2.23. The maximum Gasteiger partial charge on any atom is 0.335 e. The van der Waals surface area contributed by atoms with Crippen molar-refractivity contribution in [1.82, 2.24) is 4.98 Å². The molecule has 0 atom stereocenters. The number of hydrogen-bond donors (Lipinski definition) is 1. The zero-order valence-corrected chi connectivity index (χ0v) is 10.4. The molecule has 2 aromatic rings. The molecule has 0 aliphatic carbocycles. The predicted molar refractivity (Wildman–Crippen MR) is 72.4 cm³/mol. The normalized spacial score (nSPS) is 14.0. The summed E-state index contributed by atoms with van der Waals surface area (Å²) < 4.78 is 0. The minimum absolute atomic E-state index is 0.281. The summed E-state index contributed by atoms with van der Waals surface area (Å²) in [5.74, 6) is -0.185. The number of hydrogen-bond acceptors (Lipinski definition) is 3. The quantitative estimate of drug-likeness (QED) is 0.893. The molecule has 4 nitrogen and oxygen atoms in total. The Kier molecular flexibility index (Phi) is 2.91. The molecule has 0 radical (unpaired) electrons. The van der Waals surface area contributed by atoms with E-state index in [4.69, 9.17) is 5.11 Å². The van der Waals surface area contributed by atoms with E-state index in [1.54, 1.807) is 12.3 Å². The van der Waals surface area contributed by atoms with Crippen molar-refractivity contribution in [2.45, 2.75) is 13.0 Å². The molecular formula is C15H14N2O2. The molecule has 1 aromatic carbocycles. The van der Waals surface area contributed by atoms with E-state index in [0.29, 0.717) is 0 Å². The van der Waals surface area contributed by atoms with Crippen molar-refractivity contribution < 1.29 is 9.90 Å². The summed E-state index contributed by atoms with van der Waals surface area (Å²) >= 11 is 0. The molecule has 1 aliphatic rings. The van der Waals surface area contributed by atoms with Gasteiger partial charge in [-0.05, 0) is 29.7 Å². The average Bonchev–Trinajstić information content (AvgIpc) is 2.47. The predicted octanol–water partition coefficient (Wildman–Crippen LogP) is 2.34. The van der Waals surface area contributed by atoms with Crippen LogP contribution in [-0.4, -0.2) is 22.6 Å². The van der Waals surface area contributed by atoms with Crippen LogP contribution in [0.4, 0.5) is 5.82 Å². The van der Waals surface area contributed by atoms with E-state index in [1.807, 2.05) is 6.07 Å². The third-order valence-corrected chi connectivity index (χ3v) is 3.45. The van der Waals surface area contributed by atoms with Crippen molar-refractivity contribution in [2.75, 3.05) is 11.4 Å². The number of nitrogens with zero attached hydrogens (tertiary/aromatic N) is 2. The first-order valence-corrected chi connectivity index (χ1v) is 6.25. The molecule has 4 heteroatoms. The summed E-state index contributed by atoms with van der Waals surface area (Å²) in [7, 11) is 0. The third-order valence-electron chi connectivity index (χ3n) is 3.45. The van der Waals surface area contributed by atoms with Gasteiger partial charge in [-0.3, -0.25) is 0 Å². The van der Waals surface area contributed by atoms with Crippen LogP contribution in [0.2, 0.25) is 0 Å². The van der Waals surface area contributed by atoms with Crippen LogP contribution >= 0.6 is 0 Å². The van der Waals surface area contributed by atoms with Gasteiger partial charge in [0.25, 0.3) is 0 Å². The number of pyridine rings is 1. The number of rotatable bonds is 2. The topological polar surface area (TPSA) is 53.4 Å². The largest absolute Gasteiger partial charge is 0.478 e. The van der Waals surface area contributed by atoms with Crippen LogP contribution < -0.4 is 4.90 Å². The summed E-state index contributed by atoms with van der Waals surface area (Å²) in [5.41, 5.74) is 2.94. The molecule has 0 spiro atoms. The Labute approximate surface area is 111 Å². The minimum Gasteiger partial charge on any atom is -0.478 e. The van der Waals surface area contributed by atoms with Crippen molar-refractivity contribution >= 4 is 11.8 Å².